The molecule has 0 aliphatic rings. The van der Waals surface area contributed by atoms with Gasteiger partial charge in [0.15, 0.2) is 5.16 Å². The quantitative estimate of drug-likeness (QED) is 0.358. The third-order valence-electron chi connectivity index (χ3n) is 4.55. The Hall–Kier alpha value is -2.52. The van der Waals surface area contributed by atoms with Gasteiger partial charge in [-0.25, -0.2) is 17.4 Å². The fourth-order valence-electron chi connectivity index (χ4n) is 3.05. The summed E-state index contributed by atoms with van der Waals surface area (Å²) < 4.78 is 27.9. The molecule has 0 aliphatic heterocycles. The molecular formula is C22H17Cl2N3O3S2. The van der Waals surface area contributed by atoms with Gasteiger partial charge in [-0.05, 0) is 54.1 Å². The fourth-order valence-corrected chi connectivity index (χ4v) is 5.93. The SMILES string of the molecule is O=C(CSc1nc2ccccc2n1S(=O)(=O)c1ccc(Cl)cc1)NCc1cccc(Cl)c1. The van der Waals surface area contributed by atoms with Gasteiger partial charge < -0.3 is 5.32 Å². The smallest absolute Gasteiger partial charge is 0.270 e. The number of nitrogens with one attached hydrogen (secondary N) is 1. The summed E-state index contributed by atoms with van der Waals surface area (Å²) in [6.45, 7) is 0.319. The molecule has 1 amide bonds. The van der Waals surface area contributed by atoms with Gasteiger partial charge in [0.1, 0.15) is 0 Å². The van der Waals surface area contributed by atoms with E-state index in [2.05, 4.69) is 10.3 Å². The normalized spacial score (nSPS) is 11.6. The molecular weight excluding hydrogens is 489 g/mol. The van der Waals surface area contributed by atoms with Crippen molar-refractivity contribution in [3.63, 3.8) is 0 Å². The van der Waals surface area contributed by atoms with Crippen molar-refractivity contribution in [3.05, 3.63) is 88.4 Å². The number of nitrogens with zero attached hydrogens (tertiary/aromatic N) is 2. The van der Waals surface area contributed by atoms with E-state index in [9.17, 15) is 13.2 Å². The largest absolute Gasteiger partial charge is 0.351 e. The summed E-state index contributed by atoms with van der Waals surface area (Å²) in [4.78, 5) is 16.9. The Labute approximate surface area is 199 Å². The van der Waals surface area contributed by atoms with Crippen molar-refractivity contribution in [2.45, 2.75) is 16.6 Å². The van der Waals surface area contributed by atoms with Crippen LogP contribution in [0.5, 0.6) is 0 Å². The summed E-state index contributed by atoms with van der Waals surface area (Å²) in [5.41, 5.74) is 1.82. The maximum absolute atomic E-state index is 13.4. The summed E-state index contributed by atoms with van der Waals surface area (Å²) in [6, 6.07) is 20.0. The zero-order chi connectivity index (χ0) is 22.7. The van der Waals surface area contributed by atoms with Crippen LogP contribution in [0.2, 0.25) is 10.0 Å². The molecule has 10 heteroatoms. The van der Waals surface area contributed by atoms with E-state index in [0.717, 1.165) is 17.3 Å². The first-order valence-corrected chi connectivity index (χ1v) is 12.7. The van der Waals surface area contributed by atoms with Gasteiger partial charge in [-0.2, -0.15) is 0 Å². The van der Waals surface area contributed by atoms with Crippen molar-refractivity contribution in [1.29, 1.82) is 0 Å². The van der Waals surface area contributed by atoms with Crippen LogP contribution in [0.3, 0.4) is 0 Å². The Morgan fingerprint density at radius 3 is 2.47 bits per heavy atom. The van der Waals surface area contributed by atoms with Crippen LogP contribution < -0.4 is 5.32 Å². The fraction of sp³-hybridized carbons (Fsp3) is 0.0909. The van der Waals surface area contributed by atoms with Gasteiger partial charge in [-0.1, -0.05) is 59.2 Å². The highest BCUT2D eigenvalue weighted by atomic mass is 35.5. The maximum Gasteiger partial charge on any atom is 0.270 e. The molecule has 1 aromatic heterocycles. The molecule has 0 aliphatic carbocycles. The van der Waals surface area contributed by atoms with Gasteiger partial charge in [0.25, 0.3) is 10.0 Å². The topological polar surface area (TPSA) is 81.1 Å². The third kappa shape index (κ3) is 4.94. The minimum Gasteiger partial charge on any atom is -0.351 e. The highest BCUT2D eigenvalue weighted by molar-refractivity contribution is 8.00. The monoisotopic (exact) mass is 505 g/mol. The standard InChI is InChI=1S/C22H17Cl2N3O3S2/c23-16-8-10-18(11-9-16)32(29,30)27-20-7-2-1-6-19(20)26-22(27)31-14-21(28)25-13-15-4-3-5-17(24)12-15/h1-12H,13-14H2,(H,25,28). The lowest BCUT2D eigenvalue weighted by Crippen LogP contribution is -2.25. The number of rotatable bonds is 7. The molecule has 0 fully saturated rings. The predicted octanol–water partition coefficient (Wildman–Crippen LogP) is 4.99. The van der Waals surface area contributed by atoms with E-state index in [4.69, 9.17) is 23.2 Å². The van der Waals surface area contributed by atoms with Crippen LogP contribution in [0.4, 0.5) is 0 Å². The molecule has 0 unspecified atom stereocenters. The lowest BCUT2D eigenvalue weighted by molar-refractivity contribution is -0.118. The molecule has 164 valence electrons. The summed E-state index contributed by atoms with van der Waals surface area (Å²) in [5, 5.41) is 4.04. The van der Waals surface area contributed by atoms with Crippen molar-refractivity contribution in [3.8, 4) is 0 Å². The maximum atomic E-state index is 13.4. The average molecular weight is 506 g/mol. The van der Waals surface area contributed by atoms with Crippen LogP contribution in [0.15, 0.2) is 82.8 Å². The zero-order valence-corrected chi connectivity index (χ0v) is 19.7. The predicted molar refractivity (Wildman–Crippen MR) is 128 cm³/mol. The summed E-state index contributed by atoms with van der Waals surface area (Å²) >= 11 is 12.9. The van der Waals surface area contributed by atoms with E-state index in [0.29, 0.717) is 27.6 Å². The molecule has 4 aromatic rings. The van der Waals surface area contributed by atoms with E-state index >= 15 is 0 Å². The number of halogens is 2. The summed E-state index contributed by atoms with van der Waals surface area (Å²) in [5.74, 6) is -0.252. The third-order valence-corrected chi connectivity index (χ3v) is 7.81. The van der Waals surface area contributed by atoms with Gasteiger partial charge >= 0.3 is 0 Å². The highest BCUT2D eigenvalue weighted by Gasteiger charge is 2.25. The van der Waals surface area contributed by atoms with Crippen LogP contribution in [0.1, 0.15) is 5.56 Å². The molecule has 6 nitrogen and oxygen atoms in total. The number of thioether (sulfide) groups is 1. The zero-order valence-electron chi connectivity index (χ0n) is 16.5. The van der Waals surface area contributed by atoms with Crippen molar-refractivity contribution in [2.75, 3.05) is 5.75 Å². The van der Waals surface area contributed by atoms with Gasteiger partial charge in [0, 0.05) is 16.6 Å². The van der Waals surface area contributed by atoms with E-state index < -0.39 is 10.0 Å². The lowest BCUT2D eigenvalue weighted by atomic mass is 10.2. The number of aromatic nitrogens is 2. The van der Waals surface area contributed by atoms with Gasteiger partial charge in [-0.15, -0.1) is 0 Å². The van der Waals surface area contributed by atoms with E-state index in [-0.39, 0.29) is 21.7 Å². The molecule has 4 rings (SSSR count). The van der Waals surface area contributed by atoms with Crippen molar-refractivity contribution >= 4 is 61.9 Å². The molecule has 0 spiro atoms. The van der Waals surface area contributed by atoms with Crippen LogP contribution in [-0.4, -0.2) is 29.0 Å². The second-order valence-corrected chi connectivity index (χ2v) is 10.4. The van der Waals surface area contributed by atoms with Crippen molar-refractivity contribution in [1.82, 2.24) is 14.3 Å². The minimum atomic E-state index is -3.95. The number of amides is 1. The summed E-state index contributed by atoms with van der Waals surface area (Å²) in [7, 11) is -3.95. The molecule has 3 aromatic carbocycles. The van der Waals surface area contributed by atoms with Gasteiger partial charge in [0.2, 0.25) is 5.91 Å². The van der Waals surface area contributed by atoms with E-state index in [1.807, 2.05) is 12.1 Å². The van der Waals surface area contributed by atoms with Crippen LogP contribution >= 0.6 is 35.0 Å². The molecule has 0 atom stereocenters. The molecule has 0 radical (unpaired) electrons. The first kappa shape index (κ1) is 22.7. The first-order chi connectivity index (χ1) is 15.3. The Kier molecular flexibility index (Phi) is 6.76. The number of carbonyl (C=O) groups is 1. The number of hydrogen-bond acceptors (Lipinski definition) is 5. The Morgan fingerprint density at radius 1 is 0.969 bits per heavy atom. The first-order valence-electron chi connectivity index (χ1n) is 9.47. The molecule has 1 N–H and O–H groups in total. The minimum absolute atomic E-state index is 0.0000252. The van der Waals surface area contributed by atoms with Gasteiger partial charge in [0.05, 0.1) is 21.7 Å². The number of hydrogen-bond donors (Lipinski definition) is 1. The second-order valence-electron chi connectivity index (χ2n) is 6.80. The number of imidazole rings is 1. The number of benzene rings is 3. The van der Waals surface area contributed by atoms with E-state index in [1.165, 1.54) is 28.2 Å². The lowest BCUT2D eigenvalue weighted by Gasteiger charge is -2.11. The molecule has 32 heavy (non-hydrogen) atoms. The molecule has 1 heterocycles. The molecule has 0 bridgehead atoms. The average Bonchev–Trinajstić information content (AvgIpc) is 3.16. The Morgan fingerprint density at radius 2 is 1.72 bits per heavy atom. The molecule has 0 saturated carbocycles. The van der Waals surface area contributed by atoms with Crippen LogP contribution in [-0.2, 0) is 21.4 Å². The van der Waals surface area contributed by atoms with Crippen molar-refractivity contribution in [2.24, 2.45) is 0 Å². The number of carbonyl (C=O) groups excluding carboxylic acids is 1. The van der Waals surface area contributed by atoms with Gasteiger partial charge in [-0.3, -0.25) is 4.79 Å². The van der Waals surface area contributed by atoms with Crippen LogP contribution in [0, 0.1) is 0 Å². The number of para-hydroxylation sites is 2. The Bertz CT molecular complexity index is 1390. The van der Waals surface area contributed by atoms with Crippen LogP contribution in [0.25, 0.3) is 11.0 Å². The summed E-state index contributed by atoms with van der Waals surface area (Å²) in [6.07, 6.45) is 0. The highest BCUT2D eigenvalue weighted by Crippen LogP contribution is 2.29. The number of fused-ring (bicyclic) bond motifs is 1. The Balaban J connectivity index is 1.58. The molecule has 0 saturated heterocycles. The van der Waals surface area contributed by atoms with E-state index in [1.54, 1.807) is 36.4 Å². The van der Waals surface area contributed by atoms with Crippen molar-refractivity contribution < 1.29 is 13.2 Å². The second kappa shape index (κ2) is 9.54.